The van der Waals surface area contributed by atoms with E-state index in [-0.39, 0.29) is 0 Å². The molecule has 0 bridgehead atoms. The van der Waals surface area contributed by atoms with Crippen LogP contribution in [0.3, 0.4) is 0 Å². The lowest BCUT2D eigenvalue weighted by Gasteiger charge is -2.00. The normalized spacial score (nSPS) is 11.3. The molecule has 0 aliphatic rings. The number of hydrogen-bond donors (Lipinski definition) is 0. The van der Waals surface area contributed by atoms with Gasteiger partial charge in [-0.2, -0.15) is 0 Å². The van der Waals surface area contributed by atoms with Crippen molar-refractivity contribution in [1.82, 2.24) is 0 Å². The Kier molecular flexibility index (Phi) is 15.4. The molecule has 0 aromatic rings. The first-order valence-electron chi connectivity index (χ1n) is 6.18. The van der Waals surface area contributed by atoms with Crippen molar-refractivity contribution in [2.24, 2.45) is 0 Å². The standard InChI is InChI=1S/C13H24Br2/c14-12-10-8-6-4-2-1-3-5-7-9-11-13-15/h8,10H,1-7,9,11-13H2/b10-8+. The number of hydrogen-bond acceptors (Lipinski definition) is 0. The predicted molar refractivity (Wildman–Crippen MR) is 78.3 cm³/mol. The zero-order valence-corrected chi connectivity index (χ0v) is 12.9. The fourth-order valence-electron chi connectivity index (χ4n) is 1.60. The van der Waals surface area contributed by atoms with Crippen LogP contribution in [0.2, 0.25) is 0 Å². The van der Waals surface area contributed by atoms with E-state index in [2.05, 4.69) is 44.0 Å². The van der Waals surface area contributed by atoms with E-state index < -0.39 is 0 Å². The van der Waals surface area contributed by atoms with Crippen molar-refractivity contribution in [2.45, 2.75) is 57.8 Å². The third-order valence-corrected chi connectivity index (χ3v) is 3.44. The molecular formula is C13H24Br2. The summed E-state index contributed by atoms with van der Waals surface area (Å²) in [6.07, 6.45) is 17.0. The SMILES string of the molecule is BrC/C=C/CCCCCCCCCCBr. The molecule has 0 radical (unpaired) electrons. The summed E-state index contributed by atoms with van der Waals surface area (Å²) in [5, 5.41) is 2.17. The molecule has 0 saturated heterocycles. The minimum atomic E-state index is 1.00. The zero-order valence-electron chi connectivity index (χ0n) is 9.69. The molecule has 0 fully saturated rings. The summed E-state index contributed by atoms with van der Waals surface area (Å²) in [6, 6.07) is 0. The van der Waals surface area contributed by atoms with Crippen LogP contribution in [-0.2, 0) is 0 Å². The van der Waals surface area contributed by atoms with Crippen LogP contribution < -0.4 is 0 Å². The number of halogens is 2. The second-order valence-corrected chi connectivity index (χ2v) is 5.37. The third-order valence-electron chi connectivity index (χ3n) is 2.51. The van der Waals surface area contributed by atoms with Crippen molar-refractivity contribution in [3.8, 4) is 0 Å². The average Bonchev–Trinajstić information content (AvgIpc) is 2.26. The molecule has 0 aliphatic heterocycles. The fourth-order valence-corrected chi connectivity index (χ4v) is 2.26. The van der Waals surface area contributed by atoms with Crippen LogP contribution in [0.5, 0.6) is 0 Å². The summed E-state index contributed by atoms with van der Waals surface area (Å²) >= 11 is 6.85. The van der Waals surface area contributed by atoms with Crippen molar-refractivity contribution in [3.05, 3.63) is 12.2 Å². The molecule has 15 heavy (non-hydrogen) atoms. The molecule has 0 N–H and O–H groups in total. The average molecular weight is 340 g/mol. The second kappa shape index (κ2) is 14.7. The summed E-state index contributed by atoms with van der Waals surface area (Å²) in [5.74, 6) is 0. The van der Waals surface area contributed by atoms with Gasteiger partial charge in [-0.3, -0.25) is 0 Å². The van der Waals surface area contributed by atoms with E-state index in [0.717, 1.165) is 5.33 Å². The maximum absolute atomic E-state index is 3.46. The van der Waals surface area contributed by atoms with Gasteiger partial charge in [-0.15, -0.1) is 0 Å². The Bertz CT molecular complexity index is 132. The third kappa shape index (κ3) is 14.7. The quantitative estimate of drug-likeness (QED) is 0.252. The van der Waals surface area contributed by atoms with Crippen LogP contribution in [0.25, 0.3) is 0 Å². The fraction of sp³-hybridized carbons (Fsp3) is 0.846. The van der Waals surface area contributed by atoms with Gasteiger partial charge in [0.25, 0.3) is 0 Å². The van der Waals surface area contributed by atoms with E-state index in [1.165, 1.54) is 63.1 Å². The molecule has 0 aromatic carbocycles. The molecule has 0 aliphatic carbocycles. The molecule has 90 valence electrons. The first kappa shape index (κ1) is 15.7. The number of allylic oxidation sites excluding steroid dienone is 2. The number of alkyl halides is 2. The molecule has 2 heteroatoms. The van der Waals surface area contributed by atoms with Crippen LogP contribution in [-0.4, -0.2) is 10.7 Å². The van der Waals surface area contributed by atoms with E-state index in [0.29, 0.717) is 0 Å². The van der Waals surface area contributed by atoms with Gasteiger partial charge in [-0.25, -0.2) is 0 Å². The van der Waals surface area contributed by atoms with Crippen molar-refractivity contribution >= 4 is 31.9 Å². The summed E-state index contributed by atoms with van der Waals surface area (Å²) < 4.78 is 0. The van der Waals surface area contributed by atoms with E-state index in [1.54, 1.807) is 0 Å². The van der Waals surface area contributed by atoms with E-state index in [4.69, 9.17) is 0 Å². The number of rotatable bonds is 11. The van der Waals surface area contributed by atoms with Gasteiger partial charge in [-0.1, -0.05) is 82.5 Å². The van der Waals surface area contributed by atoms with Crippen LogP contribution in [0.1, 0.15) is 57.8 Å². The smallest absolute Gasteiger partial charge is 0.0212 e. The summed E-state index contributed by atoms with van der Waals surface area (Å²) in [5.41, 5.74) is 0. The lowest BCUT2D eigenvalue weighted by molar-refractivity contribution is 0.579. The van der Waals surface area contributed by atoms with Gasteiger partial charge in [0.15, 0.2) is 0 Å². The Morgan fingerprint density at radius 3 is 1.67 bits per heavy atom. The van der Waals surface area contributed by atoms with Gasteiger partial charge in [0.2, 0.25) is 0 Å². The van der Waals surface area contributed by atoms with E-state index >= 15 is 0 Å². The second-order valence-electron chi connectivity index (χ2n) is 3.93. The summed E-state index contributed by atoms with van der Waals surface area (Å²) in [7, 11) is 0. The first-order chi connectivity index (χ1) is 7.41. The van der Waals surface area contributed by atoms with Crippen LogP contribution in [0.15, 0.2) is 12.2 Å². The Morgan fingerprint density at radius 2 is 1.13 bits per heavy atom. The van der Waals surface area contributed by atoms with Gasteiger partial charge in [0.05, 0.1) is 0 Å². The highest BCUT2D eigenvalue weighted by molar-refractivity contribution is 9.09. The summed E-state index contributed by atoms with van der Waals surface area (Å²) in [4.78, 5) is 0. The van der Waals surface area contributed by atoms with Crippen molar-refractivity contribution in [3.63, 3.8) is 0 Å². The van der Waals surface area contributed by atoms with Crippen molar-refractivity contribution in [1.29, 1.82) is 0 Å². The van der Waals surface area contributed by atoms with Gasteiger partial charge in [0.1, 0.15) is 0 Å². The topological polar surface area (TPSA) is 0 Å². The largest absolute Gasteiger partial charge is 0.0928 e. The highest BCUT2D eigenvalue weighted by atomic mass is 79.9. The Labute approximate surface area is 112 Å². The van der Waals surface area contributed by atoms with Crippen molar-refractivity contribution in [2.75, 3.05) is 10.7 Å². The molecule has 0 spiro atoms. The molecule has 0 nitrogen and oxygen atoms in total. The molecule has 0 heterocycles. The van der Waals surface area contributed by atoms with Gasteiger partial charge in [0, 0.05) is 10.7 Å². The van der Waals surface area contributed by atoms with Crippen LogP contribution >= 0.6 is 31.9 Å². The molecule has 0 saturated carbocycles. The highest BCUT2D eigenvalue weighted by Crippen LogP contribution is 2.10. The van der Waals surface area contributed by atoms with E-state index in [9.17, 15) is 0 Å². The molecule has 0 aromatic heterocycles. The Balaban J connectivity index is 2.89. The lowest BCUT2D eigenvalue weighted by Crippen LogP contribution is -1.81. The van der Waals surface area contributed by atoms with Crippen LogP contribution in [0.4, 0.5) is 0 Å². The van der Waals surface area contributed by atoms with Gasteiger partial charge >= 0.3 is 0 Å². The molecule has 0 amide bonds. The maximum atomic E-state index is 3.46. The first-order valence-corrected chi connectivity index (χ1v) is 8.43. The molecular weight excluding hydrogens is 316 g/mol. The monoisotopic (exact) mass is 338 g/mol. The zero-order chi connectivity index (χ0) is 11.2. The molecule has 0 atom stereocenters. The minimum Gasteiger partial charge on any atom is -0.0928 e. The lowest BCUT2D eigenvalue weighted by atomic mass is 10.1. The molecule has 0 unspecified atom stereocenters. The predicted octanol–water partition coefficient (Wildman–Crippen LogP) is 5.84. The molecule has 0 rings (SSSR count). The Morgan fingerprint density at radius 1 is 0.600 bits per heavy atom. The van der Waals surface area contributed by atoms with Gasteiger partial charge in [-0.05, 0) is 19.3 Å². The van der Waals surface area contributed by atoms with Crippen LogP contribution in [0, 0.1) is 0 Å². The highest BCUT2D eigenvalue weighted by Gasteiger charge is 1.91. The Hall–Kier alpha value is 0.700. The summed E-state index contributed by atoms with van der Waals surface area (Å²) in [6.45, 7) is 0. The van der Waals surface area contributed by atoms with E-state index in [1.807, 2.05) is 0 Å². The minimum absolute atomic E-state index is 1.00. The van der Waals surface area contributed by atoms with Gasteiger partial charge < -0.3 is 0 Å². The van der Waals surface area contributed by atoms with Crippen molar-refractivity contribution < 1.29 is 0 Å². The maximum Gasteiger partial charge on any atom is 0.0212 e. The number of unbranched alkanes of at least 4 members (excludes halogenated alkanes) is 8.